The lowest BCUT2D eigenvalue weighted by Crippen LogP contribution is -2.33. The van der Waals surface area contributed by atoms with Gasteiger partial charge in [0.1, 0.15) is 17.5 Å². The molecule has 6 rings (SSSR count). The van der Waals surface area contributed by atoms with E-state index >= 15 is 0 Å². The van der Waals surface area contributed by atoms with Crippen molar-refractivity contribution in [1.82, 2.24) is 4.57 Å². The van der Waals surface area contributed by atoms with Crippen molar-refractivity contribution in [1.29, 1.82) is 0 Å². The van der Waals surface area contributed by atoms with E-state index in [4.69, 9.17) is 4.74 Å². The number of thiazole rings is 1. The molecule has 226 valence electrons. The van der Waals surface area contributed by atoms with Crippen LogP contribution in [-0.2, 0) is 27.1 Å². The van der Waals surface area contributed by atoms with Gasteiger partial charge in [0.05, 0.1) is 35.0 Å². The van der Waals surface area contributed by atoms with Gasteiger partial charge in [-0.05, 0) is 42.5 Å². The van der Waals surface area contributed by atoms with Crippen LogP contribution >= 0.6 is 39.0 Å². The summed E-state index contributed by atoms with van der Waals surface area (Å²) in [5, 5.41) is 1.63. The van der Waals surface area contributed by atoms with Crippen LogP contribution in [0.1, 0.15) is 21.9 Å². The fraction of sp³-hybridized carbons (Fsp3) is 0.200. The van der Waals surface area contributed by atoms with Crippen molar-refractivity contribution in [3.8, 4) is 5.75 Å². The minimum Gasteiger partial charge on any atom is -0.496 e. The molecule has 14 heteroatoms. The average molecular weight is 705 g/mol. The first kappa shape index (κ1) is 30.2. The molecule has 3 aromatic carbocycles. The zero-order valence-electron chi connectivity index (χ0n) is 22.6. The first-order valence-electron chi connectivity index (χ1n) is 13.1. The topological polar surface area (TPSA) is 97.7 Å². The molecule has 1 aromatic heterocycles. The van der Waals surface area contributed by atoms with Crippen LogP contribution in [-0.4, -0.2) is 34.6 Å². The second kappa shape index (κ2) is 11.6. The molecule has 0 bridgehead atoms. The summed E-state index contributed by atoms with van der Waals surface area (Å²) in [7, 11) is 1.47. The molecule has 3 heterocycles. The Bertz CT molecular complexity index is 1860. The Hall–Kier alpha value is -3.88. The lowest BCUT2D eigenvalue weighted by atomic mass is 9.82. The highest BCUT2D eigenvalue weighted by Crippen LogP contribution is 2.55. The van der Waals surface area contributed by atoms with E-state index in [1.165, 1.54) is 19.2 Å². The van der Waals surface area contributed by atoms with E-state index in [9.17, 15) is 32.3 Å². The van der Waals surface area contributed by atoms with Gasteiger partial charge < -0.3 is 10.1 Å². The maximum atomic E-state index is 14.0. The summed E-state index contributed by atoms with van der Waals surface area (Å²) in [6.07, 6.45) is -4.70. The van der Waals surface area contributed by atoms with Crippen LogP contribution in [0, 0.1) is 5.92 Å². The SMILES string of the molecule is COc1ccccc1C1c2sc(=O)n(CC(=O)Nc3ccccc3C(F)(F)F)c2SC2C(=O)N(c3ccc(Br)cc3)C(=O)C21. The highest BCUT2D eigenvalue weighted by atomic mass is 79.9. The van der Waals surface area contributed by atoms with Crippen LogP contribution in [0.15, 0.2) is 87.1 Å². The number of methoxy groups -OCH3 is 1. The Kier molecular flexibility index (Phi) is 7.92. The number of anilines is 2. The summed E-state index contributed by atoms with van der Waals surface area (Å²) in [5.41, 5.74) is -0.490. The van der Waals surface area contributed by atoms with Crippen molar-refractivity contribution >= 4 is 68.1 Å². The number of halogens is 4. The maximum Gasteiger partial charge on any atom is 0.418 e. The van der Waals surface area contributed by atoms with Gasteiger partial charge in [-0.15, -0.1) is 0 Å². The number of fused-ring (bicyclic) bond motifs is 2. The van der Waals surface area contributed by atoms with Crippen LogP contribution in [0.3, 0.4) is 0 Å². The van der Waals surface area contributed by atoms with Gasteiger partial charge in [-0.3, -0.25) is 23.7 Å². The molecule has 3 atom stereocenters. The molecule has 4 aromatic rings. The third-order valence-corrected chi connectivity index (χ3v) is 10.5. The number of carbonyl (C=O) groups is 3. The third-order valence-electron chi connectivity index (χ3n) is 7.42. The number of aromatic nitrogens is 1. The van der Waals surface area contributed by atoms with Crippen LogP contribution in [0.25, 0.3) is 0 Å². The first-order valence-corrected chi connectivity index (χ1v) is 15.6. The van der Waals surface area contributed by atoms with Crippen LogP contribution in [0.4, 0.5) is 24.5 Å². The second-order valence-electron chi connectivity index (χ2n) is 9.99. The quantitative estimate of drug-likeness (QED) is 0.243. The largest absolute Gasteiger partial charge is 0.496 e. The van der Waals surface area contributed by atoms with Crippen molar-refractivity contribution in [2.75, 3.05) is 17.3 Å². The number of amides is 3. The number of benzene rings is 3. The lowest BCUT2D eigenvalue weighted by Gasteiger charge is -2.31. The summed E-state index contributed by atoms with van der Waals surface area (Å²) < 4.78 is 48.1. The van der Waals surface area contributed by atoms with Gasteiger partial charge in [-0.2, -0.15) is 13.2 Å². The van der Waals surface area contributed by atoms with Crippen molar-refractivity contribution in [3.63, 3.8) is 0 Å². The normalized spacial score (nSPS) is 19.5. The number of para-hydroxylation sites is 2. The van der Waals surface area contributed by atoms with E-state index in [1.807, 2.05) is 0 Å². The van der Waals surface area contributed by atoms with Crippen LogP contribution in [0.5, 0.6) is 5.75 Å². The van der Waals surface area contributed by atoms with E-state index in [0.29, 0.717) is 26.9 Å². The molecular formula is C30H21BrF3N3O5S2. The van der Waals surface area contributed by atoms with Crippen molar-refractivity contribution in [2.24, 2.45) is 5.92 Å². The molecule has 2 aliphatic heterocycles. The third kappa shape index (κ3) is 5.24. The molecule has 3 unspecified atom stereocenters. The zero-order valence-corrected chi connectivity index (χ0v) is 25.9. The molecule has 0 radical (unpaired) electrons. The van der Waals surface area contributed by atoms with Crippen molar-refractivity contribution in [3.05, 3.63) is 103 Å². The highest BCUT2D eigenvalue weighted by Gasteiger charge is 2.57. The molecular weight excluding hydrogens is 683 g/mol. The van der Waals surface area contributed by atoms with E-state index in [2.05, 4.69) is 21.2 Å². The summed E-state index contributed by atoms with van der Waals surface area (Å²) in [6.45, 7) is -0.599. The molecule has 44 heavy (non-hydrogen) atoms. The van der Waals surface area contributed by atoms with E-state index in [-0.39, 0.29) is 0 Å². The standard InChI is InChI=1S/C30H21BrF3N3O5S2/c1-42-20-9-5-2-6-17(20)22-23-24(27(40)37(26(23)39)16-12-10-15(31)11-13-16)43-28-25(22)44-29(41)36(28)14-21(38)35-19-8-4-3-7-18(19)30(32,33)34/h2-13,22-24H,14H2,1H3,(H,35,38). The molecule has 3 amide bonds. The van der Waals surface area contributed by atoms with Gasteiger partial charge in [-0.1, -0.05) is 69.4 Å². The smallest absolute Gasteiger partial charge is 0.418 e. The summed E-state index contributed by atoms with van der Waals surface area (Å²) in [4.78, 5) is 55.3. The number of hydrogen-bond acceptors (Lipinski definition) is 7. The fourth-order valence-electron chi connectivity index (χ4n) is 5.53. The second-order valence-corrected chi connectivity index (χ2v) is 13.0. The van der Waals surface area contributed by atoms with Gasteiger partial charge in [-0.25, -0.2) is 4.90 Å². The minimum atomic E-state index is -4.70. The molecule has 0 aliphatic carbocycles. The van der Waals surface area contributed by atoms with E-state index in [1.54, 1.807) is 48.5 Å². The molecule has 8 nitrogen and oxygen atoms in total. The van der Waals surface area contributed by atoms with Crippen LogP contribution in [0.2, 0.25) is 0 Å². The predicted octanol–water partition coefficient (Wildman–Crippen LogP) is 6.13. The summed E-state index contributed by atoms with van der Waals surface area (Å²) in [5.74, 6) is -2.98. The van der Waals surface area contributed by atoms with E-state index < -0.39 is 63.7 Å². The first-order chi connectivity index (χ1) is 21.0. The Balaban J connectivity index is 1.42. The summed E-state index contributed by atoms with van der Waals surface area (Å²) in [6, 6.07) is 18.3. The highest BCUT2D eigenvalue weighted by molar-refractivity contribution is 9.10. The van der Waals surface area contributed by atoms with Gasteiger partial charge >= 0.3 is 11.0 Å². The monoisotopic (exact) mass is 703 g/mol. The number of imide groups is 1. The molecule has 0 spiro atoms. The number of carbonyl (C=O) groups excluding carboxylic acids is 3. The molecule has 1 saturated heterocycles. The Labute approximate surface area is 265 Å². The number of ether oxygens (including phenoxy) is 1. The molecule has 0 saturated carbocycles. The maximum absolute atomic E-state index is 14.0. The Morgan fingerprint density at radius 2 is 1.66 bits per heavy atom. The van der Waals surface area contributed by atoms with Gasteiger partial charge in [0.25, 0.3) is 0 Å². The van der Waals surface area contributed by atoms with Crippen molar-refractivity contribution < 1.29 is 32.3 Å². The Morgan fingerprint density at radius 3 is 2.36 bits per heavy atom. The van der Waals surface area contributed by atoms with Crippen molar-refractivity contribution in [2.45, 2.75) is 28.9 Å². The fourth-order valence-corrected chi connectivity index (χ4v) is 8.56. The summed E-state index contributed by atoms with van der Waals surface area (Å²) >= 11 is 5.19. The van der Waals surface area contributed by atoms with Gasteiger partial charge in [0.15, 0.2) is 0 Å². The number of nitrogens with zero attached hydrogens (tertiary/aromatic N) is 2. The molecule has 1 N–H and O–H groups in total. The average Bonchev–Trinajstić information content (AvgIpc) is 3.43. The molecule has 1 fully saturated rings. The minimum absolute atomic E-state index is 0.301. The number of rotatable bonds is 6. The Morgan fingerprint density at radius 1 is 0.977 bits per heavy atom. The zero-order chi connectivity index (χ0) is 31.3. The number of nitrogens with one attached hydrogen (secondary N) is 1. The van der Waals surface area contributed by atoms with Gasteiger partial charge in [0.2, 0.25) is 17.7 Å². The van der Waals surface area contributed by atoms with Gasteiger partial charge in [0, 0.05) is 20.8 Å². The van der Waals surface area contributed by atoms with E-state index in [0.717, 1.165) is 49.2 Å². The number of thioether (sulfide) groups is 1. The lowest BCUT2D eigenvalue weighted by molar-refractivity contribution is -0.137. The van der Waals surface area contributed by atoms with Crippen LogP contribution < -0.4 is 19.8 Å². The predicted molar refractivity (Wildman–Crippen MR) is 163 cm³/mol. The number of alkyl halides is 3. The number of hydrogen-bond donors (Lipinski definition) is 1. The molecule has 2 aliphatic rings.